The highest BCUT2D eigenvalue weighted by Gasteiger charge is 2.10. The summed E-state index contributed by atoms with van der Waals surface area (Å²) in [7, 11) is 0. The topological polar surface area (TPSA) is 68.5 Å². The summed E-state index contributed by atoms with van der Waals surface area (Å²) in [4.78, 5) is 12.4. The van der Waals surface area contributed by atoms with Gasteiger partial charge < -0.3 is 5.32 Å². The zero-order chi connectivity index (χ0) is 13.2. The Morgan fingerprint density at radius 1 is 1.21 bits per heavy atom. The van der Waals surface area contributed by atoms with Crippen molar-refractivity contribution in [3.63, 3.8) is 0 Å². The SMILES string of the molecule is CCNc1nc(Cl)nc(-n2ncc3ccccc32)n1. The molecule has 19 heavy (non-hydrogen) atoms. The van der Waals surface area contributed by atoms with E-state index >= 15 is 0 Å². The lowest BCUT2D eigenvalue weighted by Crippen LogP contribution is -2.09. The first kappa shape index (κ1) is 11.9. The van der Waals surface area contributed by atoms with Crippen LogP contribution in [0.3, 0.4) is 0 Å². The zero-order valence-electron chi connectivity index (χ0n) is 10.2. The van der Waals surface area contributed by atoms with Gasteiger partial charge in [0.15, 0.2) is 0 Å². The number of aromatic nitrogens is 5. The number of benzene rings is 1. The molecule has 0 bridgehead atoms. The second-order valence-corrected chi connectivity index (χ2v) is 4.21. The lowest BCUT2D eigenvalue weighted by atomic mass is 10.3. The normalized spacial score (nSPS) is 10.8. The molecule has 7 heteroatoms. The number of hydrogen-bond donors (Lipinski definition) is 1. The largest absolute Gasteiger partial charge is 0.354 e. The van der Waals surface area contributed by atoms with E-state index < -0.39 is 0 Å². The molecule has 1 aromatic carbocycles. The third-order valence-electron chi connectivity index (χ3n) is 2.60. The van der Waals surface area contributed by atoms with E-state index in [9.17, 15) is 0 Å². The van der Waals surface area contributed by atoms with E-state index in [1.165, 1.54) is 0 Å². The molecule has 6 nitrogen and oxygen atoms in total. The Kier molecular flexibility index (Phi) is 3.00. The summed E-state index contributed by atoms with van der Waals surface area (Å²) < 4.78 is 1.64. The van der Waals surface area contributed by atoms with Crippen LogP contribution < -0.4 is 5.32 Å². The Balaban J connectivity index is 2.15. The Hall–Kier alpha value is -2.21. The van der Waals surface area contributed by atoms with E-state index in [-0.39, 0.29) is 5.28 Å². The lowest BCUT2D eigenvalue weighted by Gasteiger charge is -2.05. The number of hydrogen-bond acceptors (Lipinski definition) is 5. The first-order valence-electron chi connectivity index (χ1n) is 5.86. The average Bonchev–Trinajstić information content (AvgIpc) is 2.82. The van der Waals surface area contributed by atoms with Gasteiger partial charge in [0.05, 0.1) is 11.7 Å². The van der Waals surface area contributed by atoms with Gasteiger partial charge in [0.25, 0.3) is 5.95 Å². The Bertz CT molecular complexity index is 723. The van der Waals surface area contributed by atoms with Crippen LogP contribution in [0.25, 0.3) is 16.9 Å². The number of rotatable bonds is 3. The van der Waals surface area contributed by atoms with E-state index in [0.29, 0.717) is 18.4 Å². The van der Waals surface area contributed by atoms with Gasteiger partial charge in [-0.1, -0.05) is 18.2 Å². The highest BCUT2D eigenvalue weighted by Crippen LogP contribution is 2.17. The standard InChI is InChI=1S/C12H11ClN6/c1-2-14-11-16-10(13)17-12(18-11)19-9-6-4-3-5-8(9)7-15-19/h3-7H,2H2,1H3,(H,14,16,17,18). The van der Waals surface area contributed by atoms with Crippen molar-refractivity contribution in [2.24, 2.45) is 0 Å². The maximum absolute atomic E-state index is 5.91. The maximum Gasteiger partial charge on any atom is 0.257 e. The molecule has 3 aromatic rings. The zero-order valence-corrected chi connectivity index (χ0v) is 11.0. The third-order valence-corrected chi connectivity index (χ3v) is 2.77. The second kappa shape index (κ2) is 4.81. The number of nitrogens with one attached hydrogen (secondary N) is 1. The predicted octanol–water partition coefficient (Wildman–Crippen LogP) is 2.30. The van der Waals surface area contributed by atoms with Crippen molar-refractivity contribution in [2.45, 2.75) is 6.92 Å². The van der Waals surface area contributed by atoms with E-state index in [0.717, 1.165) is 10.9 Å². The lowest BCUT2D eigenvalue weighted by molar-refractivity contribution is 0.818. The molecule has 1 N–H and O–H groups in total. The predicted molar refractivity (Wildman–Crippen MR) is 73.6 cm³/mol. The van der Waals surface area contributed by atoms with Crippen LogP contribution in [0.5, 0.6) is 0 Å². The van der Waals surface area contributed by atoms with Crippen molar-refractivity contribution in [3.8, 4) is 5.95 Å². The van der Waals surface area contributed by atoms with Crippen molar-refractivity contribution in [1.82, 2.24) is 24.7 Å². The fourth-order valence-electron chi connectivity index (χ4n) is 1.80. The van der Waals surface area contributed by atoms with Gasteiger partial charge in [-0.25, -0.2) is 0 Å². The number of para-hydroxylation sites is 1. The van der Waals surface area contributed by atoms with Crippen LogP contribution in [-0.2, 0) is 0 Å². The summed E-state index contributed by atoms with van der Waals surface area (Å²) in [5.74, 6) is 0.842. The Morgan fingerprint density at radius 2 is 2.05 bits per heavy atom. The van der Waals surface area contributed by atoms with Crippen LogP contribution >= 0.6 is 11.6 Å². The van der Waals surface area contributed by atoms with Crippen molar-refractivity contribution < 1.29 is 0 Å². The molecule has 2 heterocycles. The van der Waals surface area contributed by atoms with Crippen LogP contribution in [0.15, 0.2) is 30.5 Å². The Labute approximate surface area is 114 Å². The smallest absolute Gasteiger partial charge is 0.257 e. The molecule has 0 fully saturated rings. The molecule has 0 saturated carbocycles. The molecule has 0 atom stereocenters. The molecular weight excluding hydrogens is 264 g/mol. The van der Waals surface area contributed by atoms with Gasteiger partial charge in [-0.05, 0) is 24.6 Å². The molecular formula is C12H11ClN6. The van der Waals surface area contributed by atoms with Crippen molar-refractivity contribution >= 4 is 28.5 Å². The molecule has 96 valence electrons. The fraction of sp³-hybridized carbons (Fsp3) is 0.167. The summed E-state index contributed by atoms with van der Waals surface area (Å²) in [5.41, 5.74) is 0.923. The van der Waals surface area contributed by atoms with Gasteiger partial charge >= 0.3 is 0 Å². The van der Waals surface area contributed by atoms with E-state index in [2.05, 4.69) is 25.4 Å². The number of fused-ring (bicyclic) bond motifs is 1. The minimum Gasteiger partial charge on any atom is -0.354 e. The highest BCUT2D eigenvalue weighted by atomic mass is 35.5. The molecule has 0 aliphatic rings. The quantitative estimate of drug-likeness (QED) is 0.794. The van der Waals surface area contributed by atoms with E-state index in [1.807, 2.05) is 31.2 Å². The van der Waals surface area contributed by atoms with Gasteiger partial charge in [0, 0.05) is 11.9 Å². The minimum absolute atomic E-state index is 0.139. The van der Waals surface area contributed by atoms with Crippen LogP contribution in [0.2, 0.25) is 5.28 Å². The van der Waals surface area contributed by atoms with Crippen molar-refractivity contribution in [2.75, 3.05) is 11.9 Å². The van der Waals surface area contributed by atoms with Gasteiger partial charge in [-0.3, -0.25) is 0 Å². The van der Waals surface area contributed by atoms with Crippen molar-refractivity contribution in [3.05, 3.63) is 35.7 Å². The summed E-state index contributed by atoms with van der Waals surface area (Å²) in [5, 5.41) is 8.45. The molecule has 0 saturated heterocycles. The van der Waals surface area contributed by atoms with Gasteiger partial charge in [-0.2, -0.15) is 24.7 Å². The summed E-state index contributed by atoms with van der Waals surface area (Å²) in [6.07, 6.45) is 1.76. The van der Waals surface area contributed by atoms with Crippen LogP contribution in [0.4, 0.5) is 5.95 Å². The number of halogens is 1. The molecule has 0 aliphatic heterocycles. The van der Waals surface area contributed by atoms with Crippen LogP contribution in [0, 0.1) is 0 Å². The van der Waals surface area contributed by atoms with Crippen LogP contribution in [0.1, 0.15) is 6.92 Å². The van der Waals surface area contributed by atoms with Gasteiger partial charge in [-0.15, -0.1) is 0 Å². The summed E-state index contributed by atoms with van der Waals surface area (Å²) >= 11 is 5.91. The summed E-state index contributed by atoms with van der Waals surface area (Å²) in [6.45, 7) is 2.67. The number of nitrogens with zero attached hydrogens (tertiary/aromatic N) is 5. The third kappa shape index (κ3) is 2.22. The van der Waals surface area contributed by atoms with Gasteiger partial charge in [0.2, 0.25) is 11.2 Å². The van der Waals surface area contributed by atoms with Crippen molar-refractivity contribution in [1.29, 1.82) is 0 Å². The maximum atomic E-state index is 5.91. The second-order valence-electron chi connectivity index (χ2n) is 3.87. The molecule has 0 radical (unpaired) electrons. The average molecular weight is 275 g/mol. The fourth-order valence-corrected chi connectivity index (χ4v) is 1.96. The minimum atomic E-state index is 0.139. The monoisotopic (exact) mass is 274 g/mol. The molecule has 0 unspecified atom stereocenters. The highest BCUT2D eigenvalue weighted by molar-refractivity contribution is 6.28. The number of anilines is 1. The molecule has 2 aromatic heterocycles. The first-order chi connectivity index (χ1) is 9.28. The molecule has 0 aliphatic carbocycles. The van der Waals surface area contributed by atoms with Gasteiger partial charge in [0.1, 0.15) is 0 Å². The Morgan fingerprint density at radius 3 is 2.89 bits per heavy atom. The summed E-state index contributed by atoms with van der Waals surface area (Å²) in [6, 6.07) is 7.83. The van der Waals surface area contributed by atoms with E-state index in [4.69, 9.17) is 11.6 Å². The van der Waals surface area contributed by atoms with Crippen LogP contribution in [-0.4, -0.2) is 31.3 Å². The molecule has 0 spiro atoms. The molecule has 0 amide bonds. The first-order valence-corrected chi connectivity index (χ1v) is 6.24. The van der Waals surface area contributed by atoms with E-state index in [1.54, 1.807) is 10.9 Å². The molecule has 3 rings (SSSR count).